The molecular formula is C21H32N4O. The number of hydrogen-bond donors (Lipinski definition) is 1. The molecule has 1 aromatic carbocycles. The summed E-state index contributed by atoms with van der Waals surface area (Å²) in [5, 5.41) is 12.3. The molecule has 1 aliphatic rings. The number of aryl methyl sites for hydroxylation is 1. The number of hydrogen-bond acceptors (Lipinski definition) is 4. The smallest absolute Gasteiger partial charge is 0.238 e. The molecule has 2 rings (SSSR count). The lowest BCUT2D eigenvalue weighted by atomic mass is 9.89. The van der Waals surface area contributed by atoms with E-state index in [1.165, 1.54) is 11.1 Å². The average Bonchev–Trinajstić information content (AvgIpc) is 2.61. The highest BCUT2D eigenvalue weighted by atomic mass is 16.2. The first kappa shape index (κ1) is 20.4. The van der Waals surface area contributed by atoms with Crippen molar-refractivity contribution in [2.24, 2.45) is 5.92 Å². The molecule has 0 aliphatic carbocycles. The van der Waals surface area contributed by atoms with Crippen LogP contribution in [0.15, 0.2) is 24.3 Å². The first-order valence-electron chi connectivity index (χ1n) is 9.50. The second kappa shape index (κ2) is 8.66. The van der Waals surface area contributed by atoms with E-state index in [0.29, 0.717) is 0 Å². The number of rotatable bonds is 6. The molecule has 0 unspecified atom stereocenters. The highest BCUT2D eigenvalue weighted by molar-refractivity contribution is 5.82. The minimum atomic E-state index is -0.821. The van der Waals surface area contributed by atoms with E-state index in [-0.39, 0.29) is 17.9 Å². The number of nitrogens with zero attached hydrogens (tertiary/aromatic N) is 3. The predicted octanol–water partition coefficient (Wildman–Crippen LogP) is 2.56. The molecule has 142 valence electrons. The lowest BCUT2D eigenvalue weighted by Gasteiger charge is -2.38. The van der Waals surface area contributed by atoms with Gasteiger partial charge in [0.1, 0.15) is 5.54 Å². The third kappa shape index (κ3) is 5.06. The van der Waals surface area contributed by atoms with Gasteiger partial charge in [0, 0.05) is 32.7 Å². The third-order valence-corrected chi connectivity index (χ3v) is 5.59. The number of benzene rings is 1. The maximum absolute atomic E-state index is 12.6. The van der Waals surface area contributed by atoms with Gasteiger partial charge in [-0.3, -0.25) is 14.6 Å². The lowest BCUT2D eigenvalue weighted by molar-refractivity contribution is -0.128. The van der Waals surface area contributed by atoms with E-state index in [1.54, 1.807) is 6.92 Å². The Morgan fingerprint density at radius 3 is 2.46 bits per heavy atom. The zero-order valence-corrected chi connectivity index (χ0v) is 16.7. The van der Waals surface area contributed by atoms with Crippen LogP contribution in [0.3, 0.4) is 0 Å². The van der Waals surface area contributed by atoms with Crippen LogP contribution < -0.4 is 5.32 Å². The van der Waals surface area contributed by atoms with Gasteiger partial charge in [-0.25, -0.2) is 0 Å². The summed E-state index contributed by atoms with van der Waals surface area (Å²) in [6, 6.07) is 10.7. The Morgan fingerprint density at radius 2 is 1.92 bits per heavy atom. The fourth-order valence-electron chi connectivity index (χ4n) is 3.21. The van der Waals surface area contributed by atoms with Crippen molar-refractivity contribution in [1.29, 1.82) is 5.26 Å². The van der Waals surface area contributed by atoms with Crippen molar-refractivity contribution in [1.82, 2.24) is 15.1 Å². The molecule has 1 heterocycles. The summed E-state index contributed by atoms with van der Waals surface area (Å²) < 4.78 is 0. The Hall–Kier alpha value is -1.90. The molecule has 0 bridgehead atoms. The summed E-state index contributed by atoms with van der Waals surface area (Å²) in [4.78, 5) is 17.3. The quantitative estimate of drug-likeness (QED) is 0.851. The number of nitrogens with one attached hydrogen (secondary N) is 1. The number of nitriles is 1. The van der Waals surface area contributed by atoms with Gasteiger partial charge in [0.2, 0.25) is 5.91 Å². The molecule has 0 spiro atoms. The van der Waals surface area contributed by atoms with E-state index < -0.39 is 5.54 Å². The SMILES string of the molecule is Cc1cccc(CN2CCN([C@H](C)C(=O)N[C@](C)(C#N)C(C)C)CC2)c1. The lowest BCUT2D eigenvalue weighted by Crippen LogP contribution is -2.58. The van der Waals surface area contributed by atoms with Gasteiger partial charge in [0.15, 0.2) is 0 Å². The minimum absolute atomic E-state index is 0.0603. The van der Waals surface area contributed by atoms with Crippen LogP contribution in [-0.4, -0.2) is 53.5 Å². The normalized spacial score (nSPS) is 19.6. The molecule has 5 heteroatoms. The molecule has 1 aliphatic heterocycles. The van der Waals surface area contributed by atoms with Gasteiger partial charge in [-0.1, -0.05) is 43.7 Å². The summed E-state index contributed by atoms with van der Waals surface area (Å²) in [5.41, 5.74) is 1.81. The second-order valence-corrected chi connectivity index (χ2v) is 7.94. The average molecular weight is 357 g/mol. The van der Waals surface area contributed by atoms with Crippen molar-refractivity contribution >= 4 is 5.91 Å². The van der Waals surface area contributed by atoms with Gasteiger partial charge in [-0.2, -0.15) is 5.26 Å². The van der Waals surface area contributed by atoms with Crippen molar-refractivity contribution in [2.45, 2.75) is 52.7 Å². The van der Waals surface area contributed by atoms with E-state index in [4.69, 9.17) is 0 Å². The first-order chi connectivity index (χ1) is 12.2. The van der Waals surface area contributed by atoms with E-state index in [2.05, 4.69) is 52.4 Å². The maximum atomic E-state index is 12.6. The van der Waals surface area contributed by atoms with E-state index in [9.17, 15) is 10.1 Å². The van der Waals surface area contributed by atoms with Gasteiger partial charge in [-0.15, -0.1) is 0 Å². The third-order valence-electron chi connectivity index (χ3n) is 5.59. The van der Waals surface area contributed by atoms with E-state index >= 15 is 0 Å². The molecule has 0 aromatic heterocycles. The Kier molecular flexibility index (Phi) is 6.80. The fraction of sp³-hybridized carbons (Fsp3) is 0.619. The highest BCUT2D eigenvalue weighted by Gasteiger charge is 2.33. The predicted molar refractivity (Wildman–Crippen MR) is 104 cm³/mol. The molecule has 2 atom stereocenters. The zero-order valence-electron chi connectivity index (χ0n) is 16.7. The van der Waals surface area contributed by atoms with Gasteiger partial charge >= 0.3 is 0 Å². The fourth-order valence-corrected chi connectivity index (χ4v) is 3.21. The Balaban J connectivity index is 1.87. The molecule has 1 fully saturated rings. The molecular weight excluding hydrogens is 324 g/mol. The largest absolute Gasteiger partial charge is 0.336 e. The summed E-state index contributed by atoms with van der Waals surface area (Å²) in [5.74, 6) is 0.00436. The number of amides is 1. The van der Waals surface area contributed by atoms with Crippen LogP contribution in [0.2, 0.25) is 0 Å². The molecule has 1 amide bonds. The minimum Gasteiger partial charge on any atom is -0.336 e. The first-order valence-corrected chi connectivity index (χ1v) is 9.50. The highest BCUT2D eigenvalue weighted by Crippen LogP contribution is 2.17. The Morgan fingerprint density at radius 1 is 1.27 bits per heavy atom. The topological polar surface area (TPSA) is 59.4 Å². The Labute approximate surface area is 158 Å². The van der Waals surface area contributed by atoms with Gasteiger partial charge in [0.25, 0.3) is 0 Å². The summed E-state index contributed by atoms with van der Waals surface area (Å²) in [6.45, 7) is 14.3. The van der Waals surface area contributed by atoms with Crippen LogP contribution >= 0.6 is 0 Å². The molecule has 1 saturated heterocycles. The zero-order chi connectivity index (χ0) is 19.3. The van der Waals surface area contributed by atoms with Crippen molar-refractivity contribution in [2.75, 3.05) is 26.2 Å². The van der Waals surface area contributed by atoms with Gasteiger partial charge in [-0.05, 0) is 32.3 Å². The summed E-state index contributed by atoms with van der Waals surface area (Å²) in [7, 11) is 0. The summed E-state index contributed by atoms with van der Waals surface area (Å²) in [6.07, 6.45) is 0. The van der Waals surface area contributed by atoms with Crippen molar-refractivity contribution < 1.29 is 4.79 Å². The standard InChI is InChI=1S/C21H32N4O/c1-16(2)21(5,15-22)23-20(26)18(4)25-11-9-24(10-12-25)14-19-8-6-7-17(3)13-19/h6-8,13,16,18H,9-12,14H2,1-5H3,(H,23,26)/t18-,21-/m1/s1. The molecule has 5 nitrogen and oxygen atoms in total. The van der Waals surface area contributed by atoms with Crippen LogP contribution in [0.1, 0.15) is 38.8 Å². The van der Waals surface area contributed by atoms with Crippen LogP contribution in [-0.2, 0) is 11.3 Å². The van der Waals surface area contributed by atoms with E-state index in [0.717, 1.165) is 32.7 Å². The summed E-state index contributed by atoms with van der Waals surface area (Å²) >= 11 is 0. The molecule has 26 heavy (non-hydrogen) atoms. The molecule has 1 N–H and O–H groups in total. The van der Waals surface area contributed by atoms with E-state index in [1.807, 2.05) is 20.8 Å². The van der Waals surface area contributed by atoms with Crippen molar-refractivity contribution in [3.8, 4) is 6.07 Å². The molecule has 1 aromatic rings. The number of piperazine rings is 1. The number of carbonyl (C=O) groups is 1. The second-order valence-electron chi connectivity index (χ2n) is 7.94. The maximum Gasteiger partial charge on any atom is 0.238 e. The Bertz CT molecular complexity index is 658. The van der Waals surface area contributed by atoms with Crippen LogP contribution in [0.25, 0.3) is 0 Å². The van der Waals surface area contributed by atoms with Gasteiger partial charge < -0.3 is 5.32 Å². The molecule has 0 saturated carbocycles. The van der Waals surface area contributed by atoms with Crippen LogP contribution in [0.4, 0.5) is 0 Å². The van der Waals surface area contributed by atoms with Crippen LogP contribution in [0.5, 0.6) is 0 Å². The van der Waals surface area contributed by atoms with Crippen molar-refractivity contribution in [3.05, 3.63) is 35.4 Å². The monoisotopic (exact) mass is 356 g/mol. The van der Waals surface area contributed by atoms with Crippen molar-refractivity contribution in [3.63, 3.8) is 0 Å². The molecule has 0 radical (unpaired) electrons. The van der Waals surface area contributed by atoms with Gasteiger partial charge in [0.05, 0.1) is 12.1 Å². The number of carbonyl (C=O) groups excluding carboxylic acids is 1. The van der Waals surface area contributed by atoms with Crippen LogP contribution in [0, 0.1) is 24.2 Å².